The van der Waals surface area contributed by atoms with Crippen molar-refractivity contribution in [3.8, 4) is 0 Å². The number of rotatable bonds is 6. The Labute approximate surface area is 110 Å². The third-order valence-electron chi connectivity index (χ3n) is 3.59. The molecule has 0 spiro atoms. The van der Waals surface area contributed by atoms with Gasteiger partial charge in [0.25, 0.3) is 0 Å². The van der Waals surface area contributed by atoms with Crippen LogP contribution in [0.3, 0.4) is 0 Å². The van der Waals surface area contributed by atoms with Gasteiger partial charge >= 0.3 is 0 Å². The van der Waals surface area contributed by atoms with Crippen molar-refractivity contribution in [2.75, 3.05) is 6.54 Å². The van der Waals surface area contributed by atoms with Crippen LogP contribution in [0.1, 0.15) is 51.6 Å². The maximum absolute atomic E-state index is 6.02. The summed E-state index contributed by atoms with van der Waals surface area (Å²) in [6.07, 6.45) is 8.24. The number of hydrogen-bond acceptors (Lipinski definition) is 3. The molecule has 1 saturated heterocycles. The van der Waals surface area contributed by atoms with Crippen LogP contribution in [-0.2, 0) is 11.3 Å². The molecule has 3 atom stereocenters. The van der Waals surface area contributed by atoms with Gasteiger partial charge in [0, 0.05) is 18.3 Å². The van der Waals surface area contributed by atoms with Crippen molar-refractivity contribution in [3.63, 3.8) is 0 Å². The quantitative estimate of drug-likeness (QED) is 0.844. The largest absolute Gasteiger partial charge is 0.373 e. The first-order valence-corrected chi connectivity index (χ1v) is 7.15. The van der Waals surface area contributed by atoms with Gasteiger partial charge in [0.05, 0.1) is 24.4 Å². The van der Waals surface area contributed by atoms with E-state index in [1.54, 1.807) is 0 Å². The summed E-state index contributed by atoms with van der Waals surface area (Å²) in [5.74, 6) is 0. The zero-order valence-corrected chi connectivity index (χ0v) is 11.7. The van der Waals surface area contributed by atoms with E-state index in [1.165, 1.54) is 5.56 Å². The molecule has 102 valence electrons. The molecular weight excluding hydrogens is 226 g/mol. The predicted molar refractivity (Wildman–Crippen MR) is 72.5 cm³/mol. The maximum atomic E-state index is 6.02. The smallest absolute Gasteiger partial charge is 0.0775 e. The van der Waals surface area contributed by atoms with Crippen LogP contribution in [0.15, 0.2) is 12.4 Å². The minimum absolute atomic E-state index is 0.287. The maximum Gasteiger partial charge on any atom is 0.0775 e. The Morgan fingerprint density at radius 1 is 1.50 bits per heavy atom. The van der Waals surface area contributed by atoms with Crippen molar-refractivity contribution in [2.45, 2.75) is 64.8 Å². The third-order valence-corrected chi connectivity index (χ3v) is 3.59. The third kappa shape index (κ3) is 3.12. The number of ether oxygens (including phenoxy) is 1. The van der Waals surface area contributed by atoms with Gasteiger partial charge in [-0.1, -0.05) is 6.92 Å². The lowest BCUT2D eigenvalue weighted by Gasteiger charge is -2.23. The summed E-state index contributed by atoms with van der Waals surface area (Å²) in [5.41, 5.74) is 1.25. The first kappa shape index (κ1) is 13.6. The molecule has 0 bridgehead atoms. The molecule has 0 radical (unpaired) electrons. The molecule has 1 aromatic heterocycles. The first-order valence-electron chi connectivity index (χ1n) is 7.15. The van der Waals surface area contributed by atoms with Gasteiger partial charge in [-0.2, -0.15) is 5.10 Å². The molecular formula is C14H25N3O. The van der Waals surface area contributed by atoms with E-state index in [0.29, 0.717) is 12.2 Å². The molecule has 1 aromatic rings. The van der Waals surface area contributed by atoms with E-state index in [2.05, 4.69) is 37.4 Å². The van der Waals surface area contributed by atoms with Crippen LogP contribution in [0.2, 0.25) is 0 Å². The van der Waals surface area contributed by atoms with Crippen LogP contribution in [0.25, 0.3) is 0 Å². The van der Waals surface area contributed by atoms with Gasteiger partial charge in [-0.05, 0) is 39.7 Å². The Morgan fingerprint density at radius 3 is 2.89 bits per heavy atom. The molecule has 1 fully saturated rings. The fraction of sp³-hybridized carbons (Fsp3) is 0.786. The van der Waals surface area contributed by atoms with Gasteiger partial charge < -0.3 is 10.1 Å². The SMILES string of the molecule is CCCNC(c1cnn(CC)c1)C1CCC(C)O1. The lowest BCUT2D eigenvalue weighted by atomic mass is 10.0. The number of aromatic nitrogens is 2. The van der Waals surface area contributed by atoms with E-state index >= 15 is 0 Å². The minimum atomic E-state index is 0.287. The molecule has 1 N–H and O–H groups in total. The van der Waals surface area contributed by atoms with Crippen molar-refractivity contribution >= 4 is 0 Å². The highest BCUT2D eigenvalue weighted by Gasteiger charge is 2.30. The highest BCUT2D eigenvalue weighted by molar-refractivity contribution is 5.13. The van der Waals surface area contributed by atoms with Crippen LogP contribution in [-0.4, -0.2) is 28.5 Å². The van der Waals surface area contributed by atoms with Crippen LogP contribution in [0, 0.1) is 0 Å². The van der Waals surface area contributed by atoms with Gasteiger partial charge in [-0.3, -0.25) is 4.68 Å². The second-order valence-electron chi connectivity index (χ2n) is 5.12. The van der Waals surface area contributed by atoms with Gasteiger partial charge in [0.15, 0.2) is 0 Å². The van der Waals surface area contributed by atoms with Crippen LogP contribution < -0.4 is 5.32 Å². The van der Waals surface area contributed by atoms with Gasteiger partial charge in [-0.15, -0.1) is 0 Å². The number of aryl methyl sites for hydroxylation is 1. The highest BCUT2D eigenvalue weighted by Crippen LogP contribution is 2.29. The van der Waals surface area contributed by atoms with Crippen LogP contribution in [0.4, 0.5) is 0 Å². The average molecular weight is 251 g/mol. The zero-order chi connectivity index (χ0) is 13.0. The molecule has 2 heterocycles. The van der Waals surface area contributed by atoms with Gasteiger partial charge in [0.2, 0.25) is 0 Å². The first-order chi connectivity index (χ1) is 8.74. The predicted octanol–water partition coefficient (Wildman–Crippen LogP) is 2.51. The average Bonchev–Trinajstić information content (AvgIpc) is 2.99. The second-order valence-corrected chi connectivity index (χ2v) is 5.12. The molecule has 18 heavy (non-hydrogen) atoms. The molecule has 4 heteroatoms. The van der Waals surface area contributed by atoms with Crippen molar-refractivity contribution < 1.29 is 4.74 Å². The second kappa shape index (κ2) is 6.34. The Kier molecular flexibility index (Phi) is 4.78. The van der Waals surface area contributed by atoms with E-state index in [9.17, 15) is 0 Å². The summed E-state index contributed by atoms with van der Waals surface area (Å²) < 4.78 is 8.00. The summed E-state index contributed by atoms with van der Waals surface area (Å²) in [5, 5.41) is 7.98. The van der Waals surface area contributed by atoms with E-state index in [-0.39, 0.29) is 6.04 Å². The number of nitrogens with one attached hydrogen (secondary N) is 1. The normalized spacial score (nSPS) is 25.5. The fourth-order valence-electron chi connectivity index (χ4n) is 2.56. The Hall–Kier alpha value is -0.870. The summed E-state index contributed by atoms with van der Waals surface area (Å²) >= 11 is 0. The minimum Gasteiger partial charge on any atom is -0.373 e. The molecule has 2 rings (SSSR count). The highest BCUT2D eigenvalue weighted by atomic mass is 16.5. The number of nitrogens with zero attached hydrogens (tertiary/aromatic N) is 2. The van der Waals surface area contributed by atoms with Gasteiger partial charge in [-0.25, -0.2) is 0 Å². The molecule has 0 aliphatic carbocycles. The van der Waals surface area contributed by atoms with E-state index < -0.39 is 0 Å². The molecule has 3 unspecified atom stereocenters. The lowest BCUT2D eigenvalue weighted by molar-refractivity contribution is 0.0316. The number of hydrogen-bond donors (Lipinski definition) is 1. The molecule has 0 aromatic carbocycles. The summed E-state index contributed by atoms with van der Waals surface area (Å²) in [6.45, 7) is 8.40. The van der Waals surface area contributed by atoms with Crippen molar-refractivity contribution in [3.05, 3.63) is 18.0 Å². The van der Waals surface area contributed by atoms with Crippen molar-refractivity contribution in [1.29, 1.82) is 0 Å². The Balaban J connectivity index is 2.08. The lowest BCUT2D eigenvalue weighted by Crippen LogP contribution is -2.32. The Morgan fingerprint density at radius 2 is 2.33 bits per heavy atom. The standard InChI is InChI=1S/C14H25N3O/c1-4-8-15-14(13-7-6-11(3)18-13)12-9-16-17(5-2)10-12/h9-11,13-15H,4-8H2,1-3H3. The molecule has 4 nitrogen and oxygen atoms in total. The molecule has 1 aliphatic heterocycles. The summed E-state index contributed by atoms with van der Waals surface area (Å²) in [7, 11) is 0. The van der Waals surface area contributed by atoms with Crippen LogP contribution >= 0.6 is 0 Å². The monoisotopic (exact) mass is 251 g/mol. The Bertz CT molecular complexity index is 364. The summed E-state index contributed by atoms with van der Waals surface area (Å²) in [4.78, 5) is 0. The molecule has 0 amide bonds. The van der Waals surface area contributed by atoms with E-state index in [0.717, 1.165) is 32.4 Å². The van der Waals surface area contributed by atoms with Crippen molar-refractivity contribution in [1.82, 2.24) is 15.1 Å². The van der Waals surface area contributed by atoms with Crippen LogP contribution in [0.5, 0.6) is 0 Å². The van der Waals surface area contributed by atoms with Crippen molar-refractivity contribution in [2.24, 2.45) is 0 Å². The topological polar surface area (TPSA) is 39.1 Å². The zero-order valence-electron chi connectivity index (χ0n) is 11.7. The molecule has 1 aliphatic rings. The fourth-order valence-corrected chi connectivity index (χ4v) is 2.56. The molecule has 0 saturated carbocycles. The van der Waals surface area contributed by atoms with E-state index in [1.807, 2.05) is 10.9 Å². The van der Waals surface area contributed by atoms with E-state index in [4.69, 9.17) is 4.74 Å². The van der Waals surface area contributed by atoms with Gasteiger partial charge in [0.1, 0.15) is 0 Å². The summed E-state index contributed by atoms with van der Waals surface area (Å²) in [6, 6.07) is 0.287.